The van der Waals surface area contributed by atoms with Crippen LogP contribution in [0.2, 0.25) is 0 Å². The summed E-state index contributed by atoms with van der Waals surface area (Å²) in [5.74, 6) is -1.29. The van der Waals surface area contributed by atoms with Crippen LogP contribution in [0.15, 0.2) is 77.8 Å². The summed E-state index contributed by atoms with van der Waals surface area (Å²) in [6.07, 6.45) is 1.37. The van der Waals surface area contributed by atoms with E-state index in [-0.39, 0.29) is 60.1 Å². The molecule has 4 aromatic rings. The van der Waals surface area contributed by atoms with Gasteiger partial charge in [0, 0.05) is 49.3 Å². The Morgan fingerprint density at radius 2 is 1.87 bits per heavy atom. The lowest BCUT2D eigenvalue weighted by atomic mass is 9.99. The molecule has 10 nitrogen and oxygen atoms in total. The van der Waals surface area contributed by atoms with Crippen LogP contribution in [-0.4, -0.2) is 78.0 Å². The van der Waals surface area contributed by atoms with Gasteiger partial charge < -0.3 is 24.6 Å². The van der Waals surface area contributed by atoms with Crippen LogP contribution in [0.25, 0.3) is 10.9 Å². The van der Waals surface area contributed by atoms with Crippen molar-refractivity contribution >= 4 is 38.4 Å². The van der Waals surface area contributed by atoms with Crippen molar-refractivity contribution in [3.05, 3.63) is 89.9 Å². The van der Waals surface area contributed by atoms with E-state index in [0.717, 1.165) is 32.9 Å². The van der Waals surface area contributed by atoms with Gasteiger partial charge in [0.2, 0.25) is 15.9 Å². The molecule has 1 aliphatic rings. The summed E-state index contributed by atoms with van der Waals surface area (Å²) < 4.78 is 49.4. The molecule has 2 heterocycles. The zero-order chi connectivity index (χ0) is 32.5. The number of carbonyl (C=O) groups excluding carboxylic acids is 2. The number of carbonyl (C=O) groups is 2. The molecule has 0 bridgehead atoms. The Morgan fingerprint density at radius 3 is 2.58 bits per heavy atom. The summed E-state index contributed by atoms with van der Waals surface area (Å²) in [4.78, 5) is 28.4. The molecule has 0 radical (unpaired) electrons. The minimum absolute atomic E-state index is 0.0557. The van der Waals surface area contributed by atoms with Crippen LogP contribution < -0.4 is 10.1 Å². The van der Waals surface area contributed by atoms with Gasteiger partial charge in [0.25, 0.3) is 5.91 Å². The summed E-state index contributed by atoms with van der Waals surface area (Å²) in [5.41, 5.74) is 2.46. The Balaban J connectivity index is 1.41. The zero-order valence-corrected chi connectivity index (χ0v) is 26.4. The number of nitrogens with one attached hydrogen (secondary N) is 1. The van der Waals surface area contributed by atoms with Crippen LogP contribution in [0, 0.1) is 11.7 Å². The van der Waals surface area contributed by atoms with E-state index in [1.54, 1.807) is 25.1 Å². The Bertz CT molecular complexity index is 1820. The Morgan fingerprint density at radius 1 is 1.16 bits per heavy atom. The second kappa shape index (κ2) is 13.0. The molecule has 3 atom stereocenters. The van der Waals surface area contributed by atoms with Gasteiger partial charge in [-0.3, -0.25) is 9.59 Å². The van der Waals surface area contributed by atoms with Gasteiger partial charge in [-0.2, -0.15) is 4.31 Å². The first kappa shape index (κ1) is 32.1. The van der Waals surface area contributed by atoms with Gasteiger partial charge in [-0.1, -0.05) is 25.1 Å². The molecule has 1 aliphatic heterocycles. The number of aliphatic hydroxyl groups is 1. The van der Waals surface area contributed by atoms with Crippen molar-refractivity contribution < 1.29 is 32.2 Å². The summed E-state index contributed by atoms with van der Waals surface area (Å²) in [5, 5.41) is 13.8. The summed E-state index contributed by atoms with van der Waals surface area (Å²) in [6, 6.07) is 16.6. The first-order valence-electron chi connectivity index (χ1n) is 14.7. The molecule has 238 valence electrons. The van der Waals surface area contributed by atoms with Gasteiger partial charge in [-0.25, -0.2) is 12.8 Å². The van der Waals surface area contributed by atoms with Gasteiger partial charge in [0.1, 0.15) is 17.7 Å². The maximum Gasteiger partial charge on any atom is 0.258 e. The minimum Gasteiger partial charge on any atom is -0.488 e. The zero-order valence-electron chi connectivity index (χ0n) is 25.6. The topological polar surface area (TPSA) is 121 Å². The molecule has 0 unspecified atom stereocenters. The number of anilines is 1. The number of sulfonamides is 1. The van der Waals surface area contributed by atoms with E-state index in [1.165, 1.54) is 24.1 Å². The van der Waals surface area contributed by atoms with Gasteiger partial charge >= 0.3 is 0 Å². The van der Waals surface area contributed by atoms with Crippen LogP contribution in [0.5, 0.6) is 5.75 Å². The lowest BCUT2D eigenvalue weighted by molar-refractivity contribution is -0.115. The monoisotopic (exact) mass is 636 g/mol. The van der Waals surface area contributed by atoms with Crippen molar-refractivity contribution in [3.63, 3.8) is 0 Å². The van der Waals surface area contributed by atoms with E-state index in [2.05, 4.69) is 5.32 Å². The minimum atomic E-state index is -3.96. The van der Waals surface area contributed by atoms with E-state index in [4.69, 9.17) is 4.74 Å². The average Bonchev–Trinajstić information content (AvgIpc) is 3.33. The van der Waals surface area contributed by atoms with E-state index < -0.39 is 28.0 Å². The smallest absolute Gasteiger partial charge is 0.258 e. The van der Waals surface area contributed by atoms with Crippen molar-refractivity contribution in [2.45, 2.75) is 37.3 Å². The normalized spacial score (nSPS) is 17.8. The third kappa shape index (κ3) is 6.73. The third-order valence-corrected chi connectivity index (χ3v) is 10.1. The summed E-state index contributed by atoms with van der Waals surface area (Å²) >= 11 is 0. The number of nitrogens with zero attached hydrogens (tertiary/aromatic N) is 3. The predicted octanol–water partition coefficient (Wildman–Crippen LogP) is 4.04. The van der Waals surface area contributed by atoms with Crippen molar-refractivity contribution in [3.8, 4) is 5.75 Å². The molecule has 12 heteroatoms. The van der Waals surface area contributed by atoms with Crippen LogP contribution in [0.3, 0.4) is 0 Å². The number of halogens is 1. The molecule has 0 aliphatic carbocycles. The fraction of sp³-hybridized carbons (Fsp3) is 0.333. The van der Waals surface area contributed by atoms with Crippen LogP contribution in [-0.2, 0) is 28.3 Å². The molecule has 5 rings (SSSR count). The molecular formula is C33H37FN4O6S. The van der Waals surface area contributed by atoms with Crippen molar-refractivity contribution in [1.82, 2.24) is 13.8 Å². The van der Waals surface area contributed by atoms with E-state index in [1.807, 2.05) is 49.0 Å². The second-order valence-electron chi connectivity index (χ2n) is 11.6. The number of rotatable bonds is 9. The molecule has 3 aromatic carbocycles. The third-order valence-electron chi connectivity index (χ3n) is 8.24. The Hall–Kier alpha value is -4.26. The van der Waals surface area contributed by atoms with E-state index in [0.29, 0.717) is 5.69 Å². The number of ether oxygens (including phenoxy) is 1. The average molecular weight is 637 g/mol. The lowest BCUT2D eigenvalue weighted by Crippen LogP contribution is -2.50. The number of para-hydroxylation sites is 1. The number of hydrogen-bond donors (Lipinski definition) is 2. The predicted molar refractivity (Wildman–Crippen MR) is 169 cm³/mol. The highest BCUT2D eigenvalue weighted by Gasteiger charge is 2.35. The molecule has 2 N–H and O–H groups in total. The molecule has 0 spiro atoms. The highest BCUT2D eigenvalue weighted by molar-refractivity contribution is 7.89. The summed E-state index contributed by atoms with van der Waals surface area (Å²) in [6.45, 7) is 3.43. The van der Waals surface area contributed by atoms with Gasteiger partial charge in [-0.15, -0.1) is 0 Å². The van der Waals surface area contributed by atoms with Crippen LogP contribution >= 0.6 is 0 Å². The Kier molecular flexibility index (Phi) is 9.28. The number of amides is 2. The molecule has 1 aromatic heterocycles. The molecule has 0 saturated carbocycles. The molecule has 2 amide bonds. The fourth-order valence-corrected chi connectivity index (χ4v) is 6.78. The summed E-state index contributed by atoms with van der Waals surface area (Å²) in [7, 11) is -0.620. The first-order valence-corrected chi connectivity index (χ1v) is 16.1. The number of hydrogen-bond acceptors (Lipinski definition) is 6. The molecule has 0 fully saturated rings. The maximum atomic E-state index is 13.8. The van der Waals surface area contributed by atoms with Crippen molar-refractivity contribution in [1.29, 1.82) is 0 Å². The Labute approximate surface area is 262 Å². The van der Waals surface area contributed by atoms with Gasteiger partial charge in [0.15, 0.2) is 0 Å². The first-order chi connectivity index (χ1) is 21.4. The number of aliphatic hydroxyl groups excluding tert-OH is 1. The van der Waals surface area contributed by atoms with Crippen molar-refractivity contribution in [2.24, 2.45) is 13.0 Å². The van der Waals surface area contributed by atoms with Crippen molar-refractivity contribution in [2.75, 3.05) is 32.1 Å². The van der Waals surface area contributed by atoms with E-state index in [9.17, 15) is 27.5 Å². The van der Waals surface area contributed by atoms with Crippen LogP contribution in [0.1, 0.15) is 29.8 Å². The quantitative estimate of drug-likeness (QED) is 0.286. The SMILES string of the molecule is C[C@@H]1CN([C@@H](C)CO)C(=O)c2cc(NC(=O)Cc3cn(C)c4ccccc34)ccc2O[C@H]1CN(C)S(=O)(=O)c1ccc(F)cc1. The molecular weight excluding hydrogens is 599 g/mol. The molecule has 0 saturated heterocycles. The number of aryl methyl sites for hydroxylation is 1. The highest BCUT2D eigenvalue weighted by atomic mass is 32.2. The largest absolute Gasteiger partial charge is 0.488 e. The van der Waals surface area contributed by atoms with Crippen LogP contribution in [0.4, 0.5) is 10.1 Å². The number of benzene rings is 3. The van der Waals surface area contributed by atoms with Gasteiger partial charge in [-0.05, 0) is 61.0 Å². The number of likely N-dealkylation sites (N-methyl/N-ethyl adjacent to an activating group) is 1. The molecule has 45 heavy (non-hydrogen) atoms. The standard InChI is InChI=1S/C33H37FN4O6S/c1-21-17-38(22(2)20-39)33(41)28-16-25(35-32(40)15-23-18-36(3)29-8-6-5-7-27(23)29)11-14-30(28)44-31(21)19-37(4)45(42,43)26-12-9-24(34)10-13-26/h5-14,16,18,21-22,31,39H,15,17,19-20H2,1-4H3,(H,35,40)/t21-,22+,31+/m1/s1. The van der Waals surface area contributed by atoms with E-state index >= 15 is 0 Å². The fourth-order valence-electron chi connectivity index (χ4n) is 5.60. The van der Waals surface area contributed by atoms with Gasteiger partial charge in [0.05, 0.1) is 36.1 Å². The number of aromatic nitrogens is 1. The highest BCUT2D eigenvalue weighted by Crippen LogP contribution is 2.31. The number of fused-ring (bicyclic) bond motifs is 2. The maximum absolute atomic E-state index is 13.8. The second-order valence-corrected chi connectivity index (χ2v) is 13.6. The lowest BCUT2D eigenvalue weighted by Gasteiger charge is -2.38.